The van der Waals surface area contributed by atoms with Gasteiger partial charge in [-0.1, -0.05) is 29.8 Å². The molecule has 1 nitrogen and oxygen atoms in total. The number of aliphatic imine (C=N–C) groups is 1. The Hall–Kier alpha value is -0.115. The number of hydrogen-bond acceptors (Lipinski definition) is 1. The Kier molecular flexibility index (Phi) is 8.01. The van der Waals surface area contributed by atoms with E-state index in [4.69, 9.17) is 11.6 Å². The summed E-state index contributed by atoms with van der Waals surface area (Å²) in [5.74, 6) is 0. The molecule has 0 aromatic heterocycles. The third-order valence-corrected chi connectivity index (χ3v) is 2.61. The van der Waals surface area contributed by atoms with E-state index in [0.717, 1.165) is 22.8 Å². The normalized spacial score (nSPS) is 13.8. The van der Waals surface area contributed by atoms with Gasteiger partial charge in [-0.15, -0.1) is 0 Å². The minimum absolute atomic E-state index is 0. The molecule has 0 N–H and O–H groups in total. The van der Waals surface area contributed by atoms with Gasteiger partial charge in [0.25, 0.3) is 0 Å². The van der Waals surface area contributed by atoms with E-state index < -0.39 is 0 Å². The van der Waals surface area contributed by atoms with Crippen molar-refractivity contribution in [2.45, 2.75) is 13.3 Å². The zero-order valence-corrected chi connectivity index (χ0v) is 16.7. The molecule has 85 valence electrons. The predicted molar refractivity (Wildman–Crippen MR) is 66.1 cm³/mol. The number of nitrogens with zero attached hydrogens (tertiary/aromatic N) is 1. The molecule has 2 rings (SSSR count). The number of hydrogen-bond donors (Lipinski definition) is 0. The molecular formula is C13H12Cl2HgN. The van der Waals surface area contributed by atoms with Crippen LogP contribution >= 0.6 is 11.6 Å². The smallest absolute Gasteiger partial charge is 1.00 e. The van der Waals surface area contributed by atoms with E-state index >= 15 is 0 Å². The first-order valence-corrected chi connectivity index (χ1v) is 5.30. The summed E-state index contributed by atoms with van der Waals surface area (Å²) in [5, 5.41) is 0.744. The van der Waals surface area contributed by atoms with Crippen LogP contribution in [0.15, 0.2) is 53.1 Å². The van der Waals surface area contributed by atoms with Crippen molar-refractivity contribution in [3.63, 3.8) is 0 Å². The zero-order valence-electron chi connectivity index (χ0n) is 9.66. The first-order chi connectivity index (χ1) is 7.25. The van der Waals surface area contributed by atoms with E-state index in [2.05, 4.69) is 23.2 Å². The summed E-state index contributed by atoms with van der Waals surface area (Å²) in [5.41, 5.74) is 3.30. The van der Waals surface area contributed by atoms with Crippen LogP contribution in [0, 0.1) is 0 Å². The van der Waals surface area contributed by atoms with Gasteiger partial charge in [0.05, 0.1) is 5.69 Å². The first-order valence-electron chi connectivity index (χ1n) is 4.92. The topological polar surface area (TPSA) is 12.4 Å². The molecule has 0 saturated carbocycles. The Labute approximate surface area is 134 Å². The van der Waals surface area contributed by atoms with Crippen LogP contribution in [-0.4, -0.2) is 5.71 Å². The molecule has 0 spiro atoms. The summed E-state index contributed by atoms with van der Waals surface area (Å²) in [4.78, 5) is 4.53. The molecule has 0 aliphatic heterocycles. The monoisotopic (exact) mass is 454 g/mol. The third kappa shape index (κ3) is 4.95. The molecule has 4 heteroatoms. The molecule has 0 fully saturated rings. The van der Waals surface area contributed by atoms with Gasteiger partial charge in [0.2, 0.25) is 0 Å². The summed E-state index contributed by atoms with van der Waals surface area (Å²) < 4.78 is 0. The molecule has 0 unspecified atom stereocenters. The van der Waals surface area contributed by atoms with Crippen molar-refractivity contribution in [3.8, 4) is 0 Å². The van der Waals surface area contributed by atoms with E-state index in [9.17, 15) is 0 Å². The Morgan fingerprint density at radius 3 is 2.41 bits per heavy atom. The second-order valence-electron chi connectivity index (χ2n) is 3.50. The number of rotatable bonds is 2. The van der Waals surface area contributed by atoms with Gasteiger partial charge in [0.15, 0.2) is 0 Å². The molecule has 1 aromatic carbocycles. The summed E-state index contributed by atoms with van der Waals surface area (Å²) in [7, 11) is 0. The molecule has 1 radical (unpaired) electrons. The van der Waals surface area contributed by atoms with Crippen molar-refractivity contribution in [2.75, 3.05) is 0 Å². The van der Waals surface area contributed by atoms with Crippen LogP contribution in [0.4, 0.5) is 5.69 Å². The van der Waals surface area contributed by atoms with Crippen LogP contribution in [0.2, 0.25) is 5.02 Å². The maximum atomic E-state index is 5.81. The van der Waals surface area contributed by atoms with Crippen LogP contribution in [0.25, 0.3) is 0 Å². The van der Waals surface area contributed by atoms with Crippen LogP contribution in [0.1, 0.15) is 13.3 Å². The van der Waals surface area contributed by atoms with Gasteiger partial charge in [-0.25, -0.2) is 0 Å². The average Bonchev–Trinajstić information content (AvgIpc) is 2.74. The Bertz CT molecular complexity index is 447. The molecule has 1 aliphatic rings. The fourth-order valence-corrected chi connectivity index (χ4v) is 1.62. The molecule has 1 aromatic rings. The van der Waals surface area contributed by atoms with Crippen molar-refractivity contribution in [2.24, 2.45) is 4.99 Å². The number of halogens is 2. The van der Waals surface area contributed by atoms with E-state index in [1.165, 1.54) is 5.57 Å². The number of allylic oxidation sites excluding steroid dienone is 4. The summed E-state index contributed by atoms with van der Waals surface area (Å²) in [6.45, 7) is 2.04. The molecule has 17 heavy (non-hydrogen) atoms. The van der Waals surface area contributed by atoms with Gasteiger partial charge in [0, 0.05) is 10.7 Å². The summed E-state index contributed by atoms with van der Waals surface area (Å²) in [6.07, 6.45) is 7.30. The minimum Gasteiger partial charge on any atom is -1.00 e. The molecule has 1 aliphatic carbocycles. The van der Waals surface area contributed by atoms with Gasteiger partial charge >= 0.3 is 27.7 Å². The second-order valence-corrected chi connectivity index (χ2v) is 3.93. The molecular weight excluding hydrogens is 442 g/mol. The van der Waals surface area contributed by atoms with Gasteiger partial charge in [-0.2, -0.15) is 0 Å². The second kappa shape index (κ2) is 8.07. The minimum atomic E-state index is 0. The fourth-order valence-electron chi connectivity index (χ4n) is 1.50. The number of benzene rings is 1. The molecule has 0 heterocycles. The van der Waals surface area contributed by atoms with Gasteiger partial charge < -0.3 is 12.4 Å². The molecule has 0 amide bonds. The van der Waals surface area contributed by atoms with E-state index in [0.29, 0.717) is 0 Å². The van der Waals surface area contributed by atoms with Gasteiger partial charge in [-0.05, 0) is 43.2 Å². The first kappa shape index (κ1) is 16.9. The fraction of sp³-hybridized carbons (Fsp3) is 0.154. The summed E-state index contributed by atoms with van der Waals surface area (Å²) in [6, 6.07) is 7.56. The Morgan fingerprint density at radius 2 is 1.88 bits per heavy atom. The van der Waals surface area contributed by atoms with Gasteiger partial charge in [0.1, 0.15) is 0 Å². The van der Waals surface area contributed by atoms with Crippen molar-refractivity contribution < 1.29 is 40.1 Å². The van der Waals surface area contributed by atoms with E-state index in [1.54, 1.807) is 0 Å². The quantitative estimate of drug-likeness (QED) is 0.473. The van der Waals surface area contributed by atoms with Crippen molar-refractivity contribution in [3.05, 3.63) is 53.1 Å². The zero-order chi connectivity index (χ0) is 10.7. The predicted octanol–water partition coefficient (Wildman–Crippen LogP) is 1.32. The molecule has 0 saturated heterocycles. The van der Waals surface area contributed by atoms with Crippen LogP contribution < -0.4 is 12.4 Å². The van der Waals surface area contributed by atoms with Crippen molar-refractivity contribution in [1.29, 1.82) is 0 Å². The standard InChI is InChI=1S/C13H12ClN.ClH.Hg/c1-10(11-4-2-3-5-11)15-13-8-6-12(14)7-9-13;;/h2-4,6-9H,5H2,1H3;1H;/q;;+1/p-1. The Morgan fingerprint density at radius 1 is 1.24 bits per heavy atom. The molecule has 0 atom stereocenters. The van der Waals surface area contributed by atoms with Crippen LogP contribution in [-0.2, 0) is 27.7 Å². The van der Waals surface area contributed by atoms with Crippen LogP contribution in [0.5, 0.6) is 0 Å². The van der Waals surface area contributed by atoms with Crippen LogP contribution in [0.3, 0.4) is 0 Å². The largest absolute Gasteiger partial charge is 1.00 e. The SMILES string of the molecule is CC(=Nc1ccc(Cl)cc1)C1=CC=CC1.[Cl-].[Hg+]. The maximum absolute atomic E-state index is 5.81. The van der Waals surface area contributed by atoms with E-state index in [1.807, 2.05) is 31.2 Å². The molecule has 0 bridgehead atoms. The average molecular weight is 454 g/mol. The van der Waals surface area contributed by atoms with Gasteiger partial charge in [-0.3, -0.25) is 4.99 Å². The van der Waals surface area contributed by atoms with Crippen molar-refractivity contribution >= 4 is 23.0 Å². The maximum Gasteiger partial charge on any atom is 1.00 e. The summed E-state index contributed by atoms with van der Waals surface area (Å²) >= 11 is 5.81. The van der Waals surface area contributed by atoms with E-state index in [-0.39, 0.29) is 40.1 Å². The third-order valence-electron chi connectivity index (χ3n) is 2.36. The van der Waals surface area contributed by atoms with Crippen molar-refractivity contribution in [1.82, 2.24) is 0 Å². The Balaban J connectivity index is 0.00000128.